The van der Waals surface area contributed by atoms with Gasteiger partial charge in [-0.05, 0) is 25.1 Å². The predicted molar refractivity (Wildman–Crippen MR) is 71.2 cm³/mol. The molecule has 92 valence electrons. The zero-order valence-electron chi connectivity index (χ0n) is 10.6. The summed E-state index contributed by atoms with van der Waals surface area (Å²) < 4.78 is 1.93. The van der Waals surface area contributed by atoms with Crippen molar-refractivity contribution >= 4 is 11.0 Å². The number of nitrogens with zero attached hydrogens (tertiary/aromatic N) is 5. The summed E-state index contributed by atoms with van der Waals surface area (Å²) in [5.74, 6) is 0.748. The van der Waals surface area contributed by atoms with Crippen molar-refractivity contribution in [3.05, 3.63) is 41.9 Å². The highest BCUT2D eigenvalue weighted by Gasteiger charge is 2.11. The molecule has 5 heteroatoms. The number of rotatable bonds is 1. The minimum atomic E-state index is 0.622. The van der Waals surface area contributed by atoms with Crippen molar-refractivity contribution in [2.45, 2.75) is 6.92 Å². The molecule has 3 aromatic rings. The Bertz CT molecular complexity index is 793. The van der Waals surface area contributed by atoms with Gasteiger partial charge in [0.25, 0.3) is 0 Å². The summed E-state index contributed by atoms with van der Waals surface area (Å²) in [5, 5.41) is 8.94. The summed E-state index contributed by atoms with van der Waals surface area (Å²) in [5.41, 5.74) is 3.98. The molecular formula is C14H11N5. The molecule has 0 aliphatic rings. The third-order valence-electron chi connectivity index (χ3n) is 3.02. The van der Waals surface area contributed by atoms with E-state index in [0.29, 0.717) is 5.56 Å². The fourth-order valence-electron chi connectivity index (χ4n) is 2.00. The topological polar surface area (TPSA) is 67.4 Å². The van der Waals surface area contributed by atoms with Crippen molar-refractivity contribution in [2.75, 3.05) is 0 Å². The van der Waals surface area contributed by atoms with Crippen LogP contribution in [0.5, 0.6) is 0 Å². The third-order valence-corrected chi connectivity index (χ3v) is 3.02. The molecule has 3 rings (SSSR count). The van der Waals surface area contributed by atoms with E-state index in [-0.39, 0.29) is 0 Å². The lowest BCUT2D eigenvalue weighted by molar-refractivity contribution is 0.943. The highest BCUT2D eigenvalue weighted by Crippen LogP contribution is 2.22. The molecular weight excluding hydrogens is 238 g/mol. The molecule has 19 heavy (non-hydrogen) atoms. The van der Waals surface area contributed by atoms with Crippen LogP contribution in [-0.4, -0.2) is 19.5 Å². The summed E-state index contributed by atoms with van der Waals surface area (Å²) in [7, 11) is 1.91. The summed E-state index contributed by atoms with van der Waals surface area (Å²) in [6.45, 7) is 1.89. The van der Waals surface area contributed by atoms with E-state index < -0.39 is 0 Å². The van der Waals surface area contributed by atoms with E-state index in [1.165, 1.54) is 0 Å². The monoisotopic (exact) mass is 249 g/mol. The van der Waals surface area contributed by atoms with Crippen molar-refractivity contribution in [1.82, 2.24) is 19.5 Å². The predicted octanol–water partition coefficient (Wildman–Crippen LogP) is 2.21. The van der Waals surface area contributed by atoms with Gasteiger partial charge < -0.3 is 4.57 Å². The van der Waals surface area contributed by atoms with Gasteiger partial charge in [-0.2, -0.15) is 5.26 Å². The van der Waals surface area contributed by atoms with Crippen molar-refractivity contribution in [1.29, 1.82) is 5.26 Å². The average Bonchev–Trinajstić information content (AvgIpc) is 2.76. The number of aromatic nitrogens is 4. The maximum Gasteiger partial charge on any atom is 0.161 e. The highest BCUT2D eigenvalue weighted by molar-refractivity contribution is 5.81. The number of imidazole rings is 1. The molecule has 5 nitrogen and oxygen atoms in total. The Balaban J connectivity index is 2.23. The maximum absolute atomic E-state index is 8.94. The summed E-state index contributed by atoms with van der Waals surface area (Å²) in [6, 6.07) is 7.57. The van der Waals surface area contributed by atoms with Crippen molar-refractivity contribution < 1.29 is 0 Å². The molecule has 0 fully saturated rings. The van der Waals surface area contributed by atoms with Gasteiger partial charge in [0.15, 0.2) is 5.82 Å². The molecule has 0 saturated carbocycles. The molecule has 2 heterocycles. The smallest absolute Gasteiger partial charge is 0.161 e. The van der Waals surface area contributed by atoms with Gasteiger partial charge in [0.1, 0.15) is 5.69 Å². The Morgan fingerprint density at radius 3 is 2.74 bits per heavy atom. The van der Waals surface area contributed by atoms with Gasteiger partial charge in [0, 0.05) is 13.2 Å². The minimum absolute atomic E-state index is 0.622. The molecule has 1 aromatic carbocycles. The van der Waals surface area contributed by atoms with E-state index in [1.54, 1.807) is 18.5 Å². The Hall–Kier alpha value is -2.74. The van der Waals surface area contributed by atoms with Crippen LogP contribution in [0.1, 0.15) is 11.3 Å². The molecule has 0 spiro atoms. The molecule has 0 bridgehead atoms. The van der Waals surface area contributed by atoms with E-state index in [9.17, 15) is 0 Å². The van der Waals surface area contributed by atoms with E-state index >= 15 is 0 Å². The molecule has 0 aliphatic carbocycles. The Kier molecular flexibility index (Phi) is 2.50. The van der Waals surface area contributed by atoms with Crippen molar-refractivity contribution in [3.63, 3.8) is 0 Å². The van der Waals surface area contributed by atoms with Crippen LogP contribution in [-0.2, 0) is 7.05 Å². The van der Waals surface area contributed by atoms with Crippen LogP contribution in [0, 0.1) is 18.3 Å². The number of benzene rings is 1. The lowest BCUT2D eigenvalue weighted by atomic mass is 10.2. The van der Waals surface area contributed by atoms with Gasteiger partial charge >= 0.3 is 0 Å². The molecule has 0 radical (unpaired) electrons. The SMILES string of the molecule is Cc1cnc(-c2nc3ccc(C#N)cc3n2C)cn1. The Morgan fingerprint density at radius 1 is 1.21 bits per heavy atom. The van der Waals surface area contributed by atoms with Gasteiger partial charge in [-0.15, -0.1) is 0 Å². The zero-order chi connectivity index (χ0) is 13.4. The Labute approximate surface area is 110 Å². The molecule has 0 unspecified atom stereocenters. The Morgan fingerprint density at radius 2 is 2.05 bits per heavy atom. The van der Waals surface area contributed by atoms with Crippen LogP contribution < -0.4 is 0 Å². The van der Waals surface area contributed by atoms with Crippen LogP contribution in [0.4, 0.5) is 0 Å². The van der Waals surface area contributed by atoms with Gasteiger partial charge in [0.05, 0.1) is 34.6 Å². The average molecular weight is 249 g/mol. The maximum atomic E-state index is 8.94. The van der Waals surface area contributed by atoms with Gasteiger partial charge in [-0.25, -0.2) is 9.97 Å². The molecule has 2 aromatic heterocycles. The van der Waals surface area contributed by atoms with E-state index in [0.717, 1.165) is 28.2 Å². The first-order valence-electron chi connectivity index (χ1n) is 5.84. The molecule has 0 aliphatic heterocycles. The first-order valence-corrected chi connectivity index (χ1v) is 5.84. The fourth-order valence-corrected chi connectivity index (χ4v) is 2.00. The van der Waals surface area contributed by atoms with E-state index in [2.05, 4.69) is 21.0 Å². The van der Waals surface area contributed by atoms with Crippen LogP contribution in [0.25, 0.3) is 22.6 Å². The van der Waals surface area contributed by atoms with Crippen LogP contribution in [0.3, 0.4) is 0 Å². The largest absolute Gasteiger partial charge is 0.326 e. The second-order valence-electron chi connectivity index (χ2n) is 4.35. The number of aryl methyl sites for hydroxylation is 2. The second kappa shape index (κ2) is 4.18. The summed E-state index contributed by atoms with van der Waals surface area (Å²) >= 11 is 0. The fraction of sp³-hybridized carbons (Fsp3) is 0.143. The van der Waals surface area contributed by atoms with Crippen LogP contribution >= 0.6 is 0 Å². The summed E-state index contributed by atoms with van der Waals surface area (Å²) in [6.07, 6.45) is 3.43. The molecule has 0 N–H and O–H groups in total. The number of fused-ring (bicyclic) bond motifs is 1. The number of hydrogen-bond donors (Lipinski definition) is 0. The minimum Gasteiger partial charge on any atom is -0.326 e. The highest BCUT2D eigenvalue weighted by atomic mass is 15.1. The van der Waals surface area contributed by atoms with Crippen LogP contribution in [0.15, 0.2) is 30.6 Å². The second-order valence-corrected chi connectivity index (χ2v) is 4.35. The molecule has 0 saturated heterocycles. The van der Waals surface area contributed by atoms with Gasteiger partial charge in [-0.1, -0.05) is 0 Å². The van der Waals surface area contributed by atoms with Gasteiger partial charge in [0.2, 0.25) is 0 Å². The first-order chi connectivity index (χ1) is 9.19. The zero-order valence-corrected chi connectivity index (χ0v) is 10.6. The number of hydrogen-bond acceptors (Lipinski definition) is 4. The standard InChI is InChI=1S/C14H11N5/c1-9-7-17-12(8-16-9)14-18-11-4-3-10(6-15)5-13(11)19(14)2/h3-5,7-8H,1-2H3. The molecule has 0 amide bonds. The number of nitriles is 1. The summed E-state index contributed by atoms with van der Waals surface area (Å²) in [4.78, 5) is 13.1. The lowest BCUT2D eigenvalue weighted by Crippen LogP contribution is -1.96. The van der Waals surface area contributed by atoms with E-state index in [4.69, 9.17) is 5.26 Å². The third kappa shape index (κ3) is 1.83. The van der Waals surface area contributed by atoms with Crippen molar-refractivity contribution in [3.8, 4) is 17.6 Å². The van der Waals surface area contributed by atoms with Crippen LogP contribution in [0.2, 0.25) is 0 Å². The molecule has 0 atom stereocenters. The normalized spacial score (nSPS) is 10.6. The quantitative estimate of drug-likeness (QED) is 0.663. The lowest BCUT2D eigenvalue weighted by Gasteiger charge is -2.01. The van der Waals surface area contributed by atoms with Crippen molar-refractivity contribution in [2.24, 2.45) is 7.05 Å². The van der Waals surface area contributed by atoms with Gasteiger partial charge in [-0.3, -0.25) is 4.98 Å². The first kappa shape index (κ1) is 11.4. The van der Waals surface area contributed by atoms with E-state index in [1.807, 2.05) is 30.7 Å².